The molecule has 0 bridgehead atoms. The molecule has 2 unspecified atom stereocenters. The van der Waals surface area contributed by atoms with E-state index in [4.69, 9.17) is 5.41 Å². The van der Waals surface area contributed by atoms with Gasteiger partial charge in [-0.25, -0.2) is 0 Å². The zero-order valence-corrected chi connectivity index (χ0v) is 15.6. The van der Waals surface area contributed by atoms with Crippen LogP contribution in [0.2, 0.25) is 0 Å². The normalized spacial score (nSPS) is 20.7. The van der Waals surface area contributed by atoms with Crippen LogP contribution in [0.15, 0.2) is 72.8 Å². The highest BCUT2D eigenvalue weighted by Gasteiger charge is 2.33. The van der Waals surface area contributed by atoms with Crippen molar-refractivity contribution in [1.82, 2.24) is 0 Å². The number of hydrogen-bond acceptors (Lipinski definition) is 1. The van der Waals surface area contributed by atoms with Gasteiger partial charge in [0.15, 0.2) is 0 Å². The maximum absolute atomic E-state index is 8.93. The summed E-state index contributed by atoms with van der Waals surface area (Å²) in [7, 11) is 0. The molecule has 0 saturated heterocycles. The molecule has 2 aliphatic rings. The van der Waals surface area contributed by atoms with Crippen LogP contribution < -0.4 is 0 Å². The van der Waals surface area contributed by atoms with Crippen molar-refractivity contribution in [3.63, 3.8) is 0 Å². The Balaban J connectivity index is 1.55. The minimum atomic E-state index is 0.330. The van der Waals surface area contributed by atoms with E-state index >= 15 is 0 Å². The molecular formula is C26H25N. The van der Waals surface area contributed by atoms with Crippen molar-refractivity contribution < 1.29 is 0 Å². The van der Waals surface area contributed by atoms with Gasteiger partial charge in [-0.3, -0.25) is 0 Å². The minimum absolute atomic E-state index is 0.330. The fourth-order valence-corrected chi connectivity index (χ4v) is 5.21. The van der Waals surface area contributed by atoms with Crippen LogP contribution in [-0.2, 0) is 6.42 Å². The lowest BCUT2D eigenvalue weighted by Gasteiger charge is -2.34. The summed E-state index contributed by atoms with van der Waals surface area (Å²) in [6.45, 7) is 0. The molecule has 1 heteroatoms. The number of fused-ring (bicyclic) bond motifs is 3. The van der Waals surface area contributed by atoms with Crippen molar-refractivity contribution in [2.45, 2.75) is 38.0 Å². The Bertz CT molecular complexity index is 986. The van der Waals surface area contributed by atoms with Gasteiger partial charge in [-0.05, 0) is 58.6 Å². The molecule has 134 valence electrons. The molecule has 1 nitrogen and oxygen atoms in total. The first-order valence-electron chi connectivity index (χ1n) is 10.2. The van der Waals surface area contributed by atoms with Crippen molar-refractivity contribution in [3.8, 4) is 11.1 Å². The predicted molar refractivity (Wildman–Crippen MR) is 113 cm³/mol. The van der Waals surface area contributed by atoms with Crippen molar-refractivity contribution in [1.29, 1.82) is 5.41 Å². The van der Waals surface area contributed by atoms with Gasteiger partial charge >= 0.3 is 0 Å². The first kappa shape index (κ1) is 16.5. The third-order valence-electron chi connectivity index (χ3n) is 6.51. The molecule has 0 amide bonds. The zero-order chi connectivity index (χ0) is 18.2. The van der Waals surface area contributed by atoms with Crippen molar-refractivity contribution in [2.24, 2.45) is 5.92 Å². The molecule has 2 aliphatic carbocycles. The third-order valence-corrected chi connectivity index (χ3v) is 6.51. The molecule has 1 saturated carbocycles. The summed E-state index contributed by atoms with van der Waals surface area (Å²) >= 11 is 0. The van der Waals surface area contributed by atoms with E-state index in [2.05, 4.69) is 66.7 Å². The maximum atomic E-state index is 8.93. The average Bonchev–Trinajstić information content (AvgIpc) is 3.13. The van der Waals surface area contributed by atoms with Crippen LogP contribution in [0, 0.1) is 11.3 Å². The first-order valence-corrected chi connectivity index (χ1v) is 10.2. The molecule has 0 aliphatic heterocycles. The smallest absolute Gasteiger partial charge is 0.0423 e. The molecule has 0 heterocycles. The van der Waals surface area contributed by atoms with Crippen LogP contribution in [0.4, 0.5) is 0 Å². The van der Waals surface area contributed by atoms with Crippen molar-refractivity contribution >= 4 is 5.71 Å². The second-order valence-electron chi connectivity index (χ2n) is 7.98. The Morgan fingerprint density at radius 2 is 1.48 bits per heavy atom. The number of rotatable bonds is 3. The Morgan fingerprint density at radius 1 is 0.741 bits per heavy atom. The van der Waals surface area contributed by atoms with Gasteiger partial charge in [-0.1, -0.05) is 85.6 Å². The molecular weight excluding hydrogens is 326 g/mol. The summed E-state index contributed by atoms with van der Waals surface area (Å²) in [4.78, 5) is 0. The standard InChI is InChI=1S/C26H25N/c27-26(18-9-2-1-3-10-18)24-14-7-6-13-22(24)23-16-8-15-21-20-12-5-4-11-19(20)17-25(21)23/h1-5,8-12,15-16,22,24,27H,6-7,13-14,17H2. The van der Waals surface area contributed by atoms with E-state index in [1.165, 1.54) is 47.1 Å². The monoisotopic (exact) mass is 351 g/mol. The van der Waals surface area contributed by atoms with Gasteiger partial charge in [0, 0.05) is 11.6 Å². The summed E-state index contributed by atoms with van der Waals surface area (Å²) in [6, 6.07) is 26.0. The van der Waals surface area contributed by atoms with Crippen LogP contribution in [0.25, 0.3) is 11.1 Å². The fourth-order valence-electron chi connectivity index (χ4n) is 5.21. The van der Waals surface area contributed by atoms with Gasteiger partial charge in [0.2, 0.25) is 0 Å². The highest BCUT2D eigenvalue weighted by atomic mass is 14.5. The van der Waals surface area contributed by atoms with E-state index in [1.807, 2.05) is 6.07 Å². The number of hydrogen-bond donors (Lipinski definition) is 1. The summed E-state index contributed by atoms with van der Waals surface area (Å²) in [5, 5.41) is 8.93. The largest absolute Gasteiger partial charge is 0.304 e. The molecule has 27 heavy (non-hydrogen) atoms. The first-order chi connectivity index (χ1) is 13.3. The second kappa shape index (κ2) is 6.81. The lowest BCUT2D eigenvalue weighted by Crippen LogP contribution is -2.26. The van der Waals surface area contributed by atoms with Gasteiger partial charge in [0.25, 0.3) is 0 Å². The lowest BCUT2D eigenvalue weighted by atomic mass is 9.70. The van der Waals surface area contributed by atoms with Gasteiger partial charge in [0.05, 0.1) is 0 Å². The Hall–Kier alpha value is -2.67. The van der Waals surface area contributed by atoms with Crippen molar-refractivity contribution in [2.75, 3.05) is 0 Å². The SMILES string of the molecule is N=C(c1ccccc1)C1CCCCC1c1cccc2c1Cc1ccccc1-2. The van der Waals surface area contributed by atoms with Crippen LogP contribution in [-0.4, -0.2) is 5.71 Å². The summed E-state index contributed by atoms with van der Waals surface area (Å²) in [5.74, 6) is 0.798. The lowest BCUT2D eigenvalue weighted by molar-refractivity contribution is 0.379. The van der Waals surface area contributed by atoms with E-state index in [-0.39, 0.29) is 0 Å². The molecule has 3 aromatic carbocycles. The van der Waals surface area contributed by atoms with Gasteiger partial charge in [-0.15, -0.1) is 0 Å². The highest BCUT2D eigenvalue weighted by molar-refractivity contribution is 6.00. The Morgan fingerprint density at radius 3 is 2.37 bits per heavy atom. The quantitative estimate of drug-likeness (QED) is 0.402. The number of benzene rings is 3. The average molecular weight is 351 g/mol. The van der Waals surface area contributed by atoms with Gasteiger partial charge in [-0.2, -0.15) is 0 Å². The van der Waals surface area contributed by atoms with Gasteiger partial charge < -0.3 is 5.41 Å². The molecule has 0 aromatic heterocycles. The van der Waals surface area contributed by atoms with E-state index in [9.17, 15) is 0 Å². The minimum Gasteiger partial charge on any atom is -0.304 e. The van der Waals surface area contributed by atoms with Gasteiger partial charge in [0.1, 0.15) is 0 Å². The predicted octanol–water partition coefficient (Wildman–Crippen LogP) is 6.60. The van der Waals surface area contributed by atoms with Crippen LogP contribution in [0.5, 0.6) is 0 Å². The number of nitrogens with one attached hydrogen (secondary N) is 1. The molecule has 3 aromatic rings. The topological polar surface area (TPSA) is 23.9 Å². The van der Waals surface area contributed by atoms with E-state index < -0.39 is 0 Å². The Kier molecular flexibility index (Phi) is 4.16. The molecule has 5 rings (SSSR count). The molecule has 1 fully saturated rings. The third kappa shape index (κ3) is 2.82. The van der Waals surface area contributed by atoms with E-state index in [0.717, 1.165) is 24.1 Å². The Labute approximate surface area is 161 Å². The molecule has 0 spiro atoms. The highest BCUT2D eigenvalue weighted by Crippen LogP contribution is 2.46. The van der Waals surface area contributed by atoms with E-state index in [0.29, 0.717) is 11.8 Å². The molecule has 0 radical (unpaired) electrons. The fraction of sp³-hybridized carbons (Fsp3) is 0.269. The molecule has 2 atom stereocenters. The second-order valence-corrected chi connectivity index (χ2v) is 7.98. The van der Waals surface area contributed by atoms with E-state index in [1.54, 1.807) is 0 Å². The maximum Gasteiger partial charge on any atom is 0.0423 e. The van der Waals surface area contributed by atoms with Crippen LogP contribution in [0.3, 0.4) is 0 Å². The molecule has 1 N–H and O–H groups in total. The van der Waals surface area contributed by atoms with Crippen LogP contribution in [0.1, 0.15) is 53.9 Å². The van der Waals surface area contributed by atoms with Crippen LogP contribution >= 0.6 is 0 Å². The van der Waals surface area contributed by atoms with Crippen molar-refractivity contribution in [3.05, 3.63) is 95.1 Å². The zero-order valence-electron chi connectivity index (χ0n) is 15.6. The summed E-state index contributed by atoms with van der Waals surface area (Å²) < 4.78 is 0. The summed E-state index contributed by atoms with van der Waals surface area (Å²) in [5.41, 5.74) is 9.19. The summed E-state index contributed by atoms with van der Waals surface area (Å²) in [6.07, 6.45) is 5.90.